The number of para-hydroxylation sites is 2. The molecule has 0 bridgehead atoms. The van der Waals surface area contributed by atoms with E-state index in [-0.39, 0.29) is 27.1 Å². The number of anilines is 1. The molecule has 11 heteroatoms. The second-order valence-electron chi connectivity index (χ2n) is 6.92. The molecule has 0 N–H and O–H groups in total. The van der Waals surface area contributed by atoms with Crippen molar-refractivity contribution in [3.05, 3.63) is 94.0 Å². The van der Waals surface area contributed by atoms with E-state index >= 15 is 0 Å². The van der Waals surface area contributed by atoms with E-state index in [1.54, 1.807) is 24.3 Å². The van der Waals surface area contributed by atoms with Crippen molar-refractivity contribution in [2.24, 2.45) is 0 Å². The Morgan fingerprint density at radius 2 is 1.47 bits per heavy atom. The van der Waals surface area contributed by atoms with E-state index in [9.17, 15) is 28.1 Å². The molecule has 0 saturated heterocycles. The molecular formula is C21H12N4O6S. The summed E-state index contributed by atoms with van der Waals surface area (Å²) in [6.45, 7) is 0. The lowest BCUT2D eigenvalue weighted by molar-refractivity contribution is -0.385. The Morgan fingerprint density at radius 1 is 0.844 bits per heavy atom. The Labute approximate surface area is 180 Å². The zero-order valence-corrected chi connectivity index (χ0v) is 16.9. The first kappa shape index (κ1) is 19.6. The smallest absolute Gasteiger partial charge is 0.268 e. The summed E-state index contributed by atoms with van der Waals surface area (Å²) in [5.41, 5.74) is 0.184. The van der Waals surface area contributed by atoms with Gasteiger partial charge in [-0.05, 0) is 30.3 Å². The van der Waals surface area contributed by atoms with Gasteiger partial charge < -0.3 is 0 Å². The van der Waals surface area contributed by atoms with Gasteiger partial charge in [0, 0.05) is 12.1 Å². The van der Waals surface area contributed by atoms with E-state index in [0.29, 0.717) is 4.90 Å². The molecule has 0 fully saturated rings. The third-order valence-corrected chi connectivity index (χ3v) is 6.75. The first-order valence-corrected chi connectivity index (χ1v) is 10.7. The second-order valence-corrected chi connectivity index (χ2v) is 8.70. The molecule has 0 unspecified atom stereocenters. The SMILES string of the molecule is O=C1c2ccccc2C(=O)N1c1nc2ccccc2n1S(=O)(=O)c1cccc([N+](=O)[O-])c1. The van der Waals surface area contributed by atoms with Crippen molar-refractivity contribution < 1.29 is 22.9 Å². The fraction of sp³-hybridized carbons (Fsp3) is 0. The molecule has 32 heavy (non-hydrogen) atoms. The molecule has 2 heterocycles. The molecular weight excluding hydrogens is 436 g/mol. The van der Waals surface area contributed by atoms with Gasteiger partial charge in [-0.1, -0.05) is 30.3 Å². The number of rotatable bonds is 4. The third-order valence-electron chi connectivity index (χ3n) is 5.06. The van der Waals surface area contributed by atoms with Gasteiger partial charge in [-0.2, -0.15) is 3.97 Å². The van der Waals surface area contributed by atoms with Crippen molar-refractivity contribution in [1.82, 2.24) is 8.96 Å². The number of fused-ring (bicyclic) bond motifs is 2. The lowest BCUT2D eigenvalue weighted by Gasteiger charge is -2.16. The Hall–Kier alpha value is -4.38. The Kier molecular flexibility index (Phi) is 4.17. The predicted octanol–water partition coefficient (Wildman–Crippen LogP) is 2.98. The van der Waals surface area contributed by atoms with Crippen LogP contribution < -0.4 is 4.90 Å². The highest BCUT2D eigenvalue weighted by atomic mass is 32.2. The summed E-state index contributed by atoms with van der Waals surface area (Å²) in [7, 11) is -4.48. The van der Waals surface area contributed by atoms with Crippen LogP contribution in [0.15, 0.2) is 77.7 Å². The molecule has 0 aliphatic carbocycles. The van der Waals surface area contributed by atoms with Gasteiger partial charge in [0.2, 0.25) is 5.95 Å². The van der Waals surface area contributed by atoms with E-state index in [0.717, 1.165) is 16.1 Å². The quantitative estimate of drug-likeness (QED) is 0.266. The number of carbonyl (C=O) groups excluding carboxylic acids is 2. The summed E-state index contributed by atoms with van der Waals surface area (Å²) >= 11 is 0. The minimum Gasteiger partial charge on any atom is -0.268 e. The van der Waals surface area contributed by atoms with Gasteiger partial charge >= 0.3 is 0 Å². The van der Waals surface area contributed by atoms with Crippen molar-refractivity contribution in [1.29, 1.82) is 0 Å². The highest BCUT2D eigenvalue weighted by Crippen LogP contribution is 2.33. The Balaban J connectivity index is 1.78. The average Bonchev–Trinajstić information content (AvgIpc) is 3.29. The van der Waals surface area contributed by atoms with Crippen LogP contribution in [0.1, 0.15) is 20.7 Å². The van der Waals surface area contributed by atoms with Gasteiger partial charge in [-0.15, -0.1) is 0 Å². The van der Waals surface area contributed by atoms with Crippen LogP contribution in [-0.4, -0.2) is 34.1 Å². The molecule has 0 spiro atoms. The number of hydrogen-bond donors (Lipinski definition) is 0. The lowest BCUT2D eigenvalue weighted by atomic mass is 10.1. The van der Waals surface area contributed by atoms with E-state index < -0.39 is 38.4 Å². The van der Waals surface area contributed by atoms with Gasteiger partial charge in [0.25, 0.3) is 27.5 Å². The molecule has 0 atom stereocenters. The molecule has 2 amide bonds. The summed E-state index contributed by atoms with van der Waals surface area (Å²) in [5, 5.41) is 11.2. The number of imidazole rings is 1. The fourth-order valence-corrected chi connectivity index (χ4v) is 5.08. The Bertz CT molecular complexity index is 1540. The lowest BCUT2D eigenvalue weighted by Crippen LogP contribution is -2.33. The highest BCUT2D eigenvalue weighted by molar-refractivity contribution is 7.90. The van der Waals surface area contributed by atoms with E-state index in [1.807, 2.05) is 0 Å². The minimum absolute atomic E-state index is 0.116. The number of benzene rings is 3. The zero-order chi connectivity index (χ0) is 22.6. The standard InChI is InChI=1S/C21H12N4O6S/c26-19-15-8-1-2-9-16(15)20(27)23(19)21-22-17-10-3-4-11-18(17)24(21)32(30,31)14-7-5-6-13(12-14)25(28)29/h1-12H. The monoisotopic (exact) mass is 448 g/mol. The van der Waals surface area contributed by atoms with Gasteiger partial charge in [-0.25, -0.2) is 18.3 Å². The topological polar surface area (TPSA) is 132 Å². The number of amides is 2. The third kappa shape index (κ3) is 2.72. The molecule has 1 aliphatic rings. The summed E-state index contributed by atoms with van der Waals surface area (Å²) < 4.78 is 28.0. The highest BCUT2D eigenvalue weighted by Gasteiger charge is 2.41. The van der Waals surface area contributed by atoms with E-state index in [2.05, 4.69) is 4.98 Å². The molecule has 1 aromatic heterocycles. The number of non-ortho nitro benzene ring substituents is 1. The first-order chi connectivity index (χ1) is 15.3. The molecule has 5 rings (SSSR count). The van der Waals surface area contributed by atoms with Crippen LogP contribution in [0.3, 0.4) is 0 Å². The van der Waals surface area contributed by atoms with Crippen LogP contribution in [0, 0.1) is 10.1 Å². The number of hydrogen-bond acceptors (Lipinski definition) is 7. The zero-order valence-electron chi connectivity index (χ0n) is 16.1. The maximum atomic E-state index is 13.6. The van der Waals surface area contributed by atoms with Crippen LogP contribution >= 0.6 is 0 Å². The molecule has 10 nitrogen and oxygen atoms in total. The van der Waals surface area contributed by atoms with Crippen molar-refractivity contribution in [3.8, 4) is 0 Å². The number of carbonyl (C=O) groups is 2. The first-order valence-electron chi connectivity index (χ1n) is 9.26. The normalized spacial score (nSPS) is 13.6. The maximum Gasteiger partial charge on any atom is 0.271 e. The summed E-state index contributed by atoms with van der Waals surface area (Å²) in [5.74, 6) is -1.84. The van der Waals surface area contributed by atoms with Gasteiger partial charge in [-0.3, -0.25) is 19.7 Å². The van der Waals surface area contributed by atoms with E-state index in [1.165, 1.54) is 36.4 Å². The molecule has 3 aromatic carbocycles. The van der Waals surface area contributed by atoms with E-state index in [4.69, 9.17) is 0 Å². The Morgan fingerprint density at radius 3 is 2.12 bits per heavy atom. The fourth-order valence-electron chi connectivity index (χ4n) is 3.60. The van der Waals surface area contributed by atoms with Crippen molar-refractivity contribution >= 4 is 44.5 Å². The molecule has 0 saturated carbocycles. The molecule has 4 aromatic rings. The maximum absolute atomic E-state index is 13.6. The summed E-state index contributed by atoms with van der Waals surface area (Å²) in [6, 6.07) is 16.9. The number of aromatic nitrogens is 2. The van der Waals surface area contributed by atoms with Crippen molar-refractivity contribution in [2.45, 2.75) is 4.90 Å². The van der Waals surface area contributed by atoms with Crippen LogP contribution in [-0.2, 0) is 10.0 Å². The number of nitro groups is 1. The van der Waals surface area contributed by atoms with Gasteiger partial charge in [0.1, 0.15) is 0 Å². The summed E-state index contributed by atoms with van der Waals surface area (Å²) in [4.78, 5) is 41.1. The van der Waals surface area contributed by atoms with Crippen LogP contribution in [0.5, 0.6) is 0 Å². The van der Waals surface area contributed by atoms with Gasteiger partial charge in [0.15, 0.2) is 0 Å². The van der Waals surface area contributed by atoms with Crippen molar-refractivity contribution in [2.75, 3.05) is 4.90 Å². The number of nitro benzene ring substituents is 1. The van der Waals surface area contributed by atoms with Crippen molar-refractivity contribution in [3.63, 3.8) is 0 Å². The second kappa shape index (κ2) is 6.82. The summed E-state index contributed by atoms with van der Waals surface area (Å²) in [6.07, 6.45) is 0. The average molecular weight is 448 g/mol. The number of nitrogens with zero attached hydrogens (tertiary/aromatic N) is 4. The number of imide groups is 1. The largest absolute Gasteiger partial charge is 0.271 e. The predicted molar refractivity (Wildman–Crippen MR) is 113 cm³/mol. The minimum atomic E-state index is -4.48. The molecule has 1 aliphatic heterocycles. The van der Waals surface area contributed by atoms with Gasteiger partial charge in [0.05, 0.1) is 32.0 Å². The van der Waals surface area contributed by atoms with Crippen LogP contribution in [0.2, 0.25) is 0 Å². The molecule has 158 valence electrons. The van der Waals surface area contributed by atoms with Crippen LogP contribution in [0.4, 0.5) is 11.6 Å². The van der Waals surface area contributed by atoms with Crippen LogP contribution in [0.25, 0.3) is 11.0 Å². The molecule has 0 radical (unpaired) electrons.